The first-order valence-electron chi connectivity index (χ1n) is 9.37. The summed E-state index contributed by atoms with van der Waals surface area (Å²) in [5, 5.41) is 4.71. The standard InChI is InChI=1S/C21H30N2O4/c1-6-9-19(24)27-15(12-22-21(2,3)4)14-26-18-13-23(5)20(25)17-11-8-7-10-16(17)18/h7-8,10-11,13,15,22H,6,9,12,14H2,1-5H3. The van der Waals surface area contributed by atoms with Crippen LogP contribution in [0.15, 0.2) is 35.3 Å². The van der Waals surface area contributed by atoms with E-state index in [0.29, 0.717) is 24.1 Å². The fraction of sp³-hybridized carbons (Fsp3) is 0.524. The predicted molar refractivity (Wildman–Crippen MR) is 107 cm³/mol. The maximum absolute atomic E-state index is 12.3. The number of pyridine rings is 1. The second-order valence-corrected chi connectivity index (χ2v) is 7.76. The summed E-state index contributed by atoms with van der Waals surface area (Å²) in [4.78, 5) is 24.2. The number of esters is 1. The van der Waals surface area contributed by atoms with Gasteiger partial charge in [0.25, 0.3) is 5.56 Å². The van der Waals surface area contributed by atoms with Crippen molar-refractivity contribution in [2.45, 2.75) is 52.2 Å². The molecule has 0 fully saturated rings. The van der Waals surface area contributed by atoms with Crippen LogP contribution in [0.2, 0.25) is 0 Å². The fourth-order valence-electron chi connectivity index (χ4n) is 2.68. The van der Waals surface area contributed by atoms with Crippen molar-refractivity contribution in [1.82, 2.24) is 9.88 Å². The highest BCUT2D eigenvalue weighted by Crippen LogP contribution is 2.22. The van der Waals surface area contributed by atoms with Gasteiger partial charge in [0.15, 0.2) is 0 Å². The molecule has 0 spiro atoms. The lowest BCUT2D eigenvalue weighted by Gasteiger charge is -2.25. The second kappa shape index (κ2) is 9.04. The molecule has 148 valence electrons. The van der Waals surface area contributed by atoms with Gasteiger partial charge in [-0.25, -0.2) is 0 Å². The van der Waals surface area contributed by atoms with Crippen molar-refractivity contribution in [3.8, 4) is 5.75 Å². The molecule has 0 saturated carbocycles. The highest BCUT2D eigenvalue weighted by Gasteiger charge is 2.19. The normalized spacial score (nSPS) is 12.8. The predicted octanol–water partition coefficient (Wildman–Crippen LogP) is 3.02. The minimum absolute atomic E-state index is 0.0710. The zero-order chi connectivity index (χ0) is 20.0. The zero-order valence-corrected chi connectivity index (χ0v) is 16.9. The van der Waals surface area contributed by atoms with Crippen molar-refractivity contribution < 1.29 is 14.3 Å². The van der Waals surface area contributed by atoms with Crippen molar-refractivity contribution in [1.29, 1.82) is 0 Å². The first kappa shape index (κ1) is 21.0. The SMILES string of the molecule is CCCC(=O)OC(CNC(C)(C)C)COc1cn(C)c(=O)c2ccccc12. The van der Waals surface area contributed by atoms with Gasteiger partial charge in [-0.15, -0.1) is 0 Å². The molecule has 0 saturated heterocycles. The highest BCUT2D eigenvalue weighted by atomic mass is 16.6. The molecular weight excluding hydrogens is 344 g/mol. The zero-order valence-electron chi connectivity index (χ0n) is 16.9. The van der Waals surface area contributed by atoms with Gasteiger partial charge in [0.2, 0.25) is 0 Å². The number of hydrogen-bond acceptors (Lipinski definition) is 5. The van der Waals surface area contributed by atoms with Gasteiger partial charge in [0.1, 0.15) is 18.5 Å². The number of fused-ring (bicyclic) bond motifs is 1. The van der Waals surface area contributed by atoms with Gasteiger partial charge >= 0.3 is 5.97 Å². The summed E-state index contributed by atoms with van der Waals surface area (Å²) in [7, 11) is 1.70. The molecule has 1 aromatic carbocycles. The molecule has 27 heavy (non-hydrogen) atoms. The number of aryl methyl sites for hydroxylation is 1. The monoisotopic (exact) mass is 374 g/mol. The van der Waals surface area contributed by atoms with Crippen LogP contribution >= 0.6 is 0 Å². The molecule has 1 N–H and O–H groups in total. The number of hydrogen-bond donors (Lipinski definition) is 1. The van der Waals surface area contributed by atoms with E-state index in [2.05, 4.69) is 26.1 Å². The van der Waals surface area contributed by atoms with Crippen LogP contribution in [0, 0.1) is 0 Å². The van der Waals surface area contributed by atoms with Gasteiger partial charge in [-0.2, -0.15) is 0 Å². The largest absolute Gasteiger partial charge is 0.487 e. The van der Waals surface area contributed by atoms with E-state index in [1.807, 2.05) is 25.1 Å². The molecule has 1 unspecified atom stereocenters. The van der Waals surface area contributed by atoms with Gasteiger partial charge in [-0.05, 0) is 33.3 Å². The van der Waals surface area contributed by atoms with Crippen LogP contribution < -0.4 is 15.6 Å². The number of nitrogens with zero attached hydrogens (tertiary/aromatic N) is 1. The van der Waals surface area contributed by atoms with E-state index in [1.54, 1.807) is 19.3 Å². The molecule has 0 amide bonds. The quantitative estimate of drug-likeness (QED) is 0.719. The number of nitrogens with one attached hydrogen (secondary N) is 1. The Morgan fingerprint density at radius 3 is 2.52 bits per heavy atom. The van der Waals surface area contributed by atoms with Crippen molar-refractivity contribution in [3.05, 3.63) is 40.8 Å². The minimum atomic E-state index is -0.417. The number of rotatable bonds is 8. The fourth-order valence-corrected chi connectivity index (χ4v) is 2.68. The number of aromatic nitrogens is 1. The van der Waals surface area contributed by atoms with Crippen molar-refractivity contribution in [2.24, 2.45) is 7.05 Å². The van der Waals surface area contributed by atoms with Gasteiger partial charge in [0, 0.05) is 37.1 Å². The molecule has 0 aliphatic carbocycles. The first-order valence-corrected chi connectivity index (χ1v) is 9.37. The number of ether oxygens (including phenoxy) is 2. The Balaban J connectivity index is 2.18. The van der Waals surface area contributed by atoms with Gasteiger partial charge in [0.05, 0.1) is 5.39 Å². The summed E-state index contributed by atoms with van der Waals surface area (Å²) in [6, 6.07) is 7.34. The van der Waals surface area contributed by atoms with Crippen LogP contribution in [0.3, 0.4) is 0 Å². The number of carbonyl (C=O) groups is 1. The lowest BCUT2D eigenvalue weighted by Crippen LogP contribution is -2.44. The van der Waals surface area contributed by atoms with Crippen molar-refractivity contribution in [3.63, 3.8) is 0 Å². The van der Waals surface area contributed by atoms with E-state index in [1.165, 1.54) is 4.57 Å². The lowest BCUT2D eigenvalue weighted by atomic mass is 10.1. The maximum atomic E-state index is 12.3. The summed E-state index contributed by atoms with van der Waals surface area (Å²) in [5.74, 6) is 0.368. The van der Waals surface area contributed by atoms with Gasteiger partial charge < -0.3 is 19.4 Å². The van der Waals surface area contributed by atoms with Gasteiger partial charge in [-0.1, -0.05) is 25.1 Å². The topological polar surface area (TPSA) is 69.6 Å². The molecule has 1 aromatic heterocycles. The van der Waals surface area contributed by atoms with Crippen LogP contribution in [0.4, 0.5) is 0 Å². The Hall–Kier alpha value is -2.34. The molecule has 2 rings (SSSR count). The Kier molecular flexibility index (Phi) is 7.02. The minimum Gasteiger partial charge on any atom is -0.487 e. The molecular formula is C21H30N2O4. The molecule has 1 heterocycles. The third-order valence-electron chi connectivity index (χ3n) is 4.09. The number of carbonyl (C=O) groups excluding carboxylic acids is 1. The summed E-state index contributed by atoms with van der Waals surface area (Å²) in [5.41, 5.74) is -0.169. The molecule has 6 heteroatoms. The molecule has 1 atom stereocenters. The molecule has 6 nitrogen and oxygen atoms in total. The lowest BCUT2D eigenvalue weighted by molar-refractivity contribution is -0.150. The Morgan fingerprint density at radius 1 is 1.22 bits per heavy atom. The molecule has 0 radical (unpaired) electrons. The summed E-state index contributed by atoms with van der Waals surface area (Å²) in [6.45, 7) is 8.80. The number of benzene rings is 1. The van der Waals surface area contributed by atoms with Gasteiger partial charge in [-0.3, -0.25) is 9.59 Å². The average molecular weight is 374 g/mol. The Labute approximate surface area is 160 Å². The second-order valence-electron chi connectivity index (χ2n) is 7.76. The molecule has 2 aromatic rings. The van der Waals surface area contributed by atoms with E-state index in [9.17, 15) is 9.59 Å². The van der Waals surface area contributed by atoms with Crippen molar-refractivity contribution >= 4 is 16.7 Å². The molecule has 0 bridgehead atoms. The Morgan fingerprint density at radius 2 is 1.89 bits per heavy atom. The van der Waals surface area contributed by atoms with Crippen LogP contribution in [-0.4, -0.2) is 35.3 Å². The third-order valence-corrected chi connectivity index (χ3v) is 4.09. The van der Waals surface area contributed by atoms with E-state index < -0.39 is 6.10 Å². The van der Waals surface area contributed by atoms with Crippen LogP contribution in [0.5, 0.6) is 5.75 Å². The maximum Gasteiger partial charge on any atom is 0.306 e. The summed E-state index contributed by atoms with van der Waals surface area (Å²) >= 11 is 0. The Bertz CT molecular complexity index is 836. The van der Waals surface area contributed by atoms with E-state index in [-0.39, 0.29) is 23.7 Å². The summed E-state index contributed by atoms with van der Waals surface area (Å²) in [6.07, 6.45) is 2.38. The van der Waals surface area contributed by atoms with E-state index in [4.69, 9.17) is 9.47 Å². The van der Waals surface area contributed by atoms with Crippen LogP contribution in [0.25, 0.3) is 10.8 Å². The molecule has 0 aliphatic heterocycles. The van der Waals surface area contributed by atoms with Crippen LogP contribution in [0.1, 0.15) is 40.5 Å². The smallest absolute Gasteiger partial charge is 0.306 e. The van der Waals surface area contributed by atoms with E-state index in [0.717, 1.165) is 11.8 Å². The molecule has 0 aliphatic rings. The average Bonchev–Trinajstić information content (AvgIpc) is 2.60. The van der Waals surface area contributed by atoms with Crippen molar-refractivity contribution in [2.75, 3.05) is 13.2 Å². The van der Waals surface area contributed by atoms with E-state index >= 15 is 0 Å². The highest BCUT2D eigenvalue weighted by molar-refractivity contribution is 5.87. The first-order chi connectivity index (χ1) is 12.7. The van der Waals surface area contributed by atoms with Crippen LogP contribution in [-0.2, 0) is 16.6 Å². The third kappa shape index (κ3) is 6.10. The summed E-state index contributed by atoms with van der Waals surface area (Å²) < 4.78 is 13.1.